The topological polar surface area (TPSA) is 85.6 Å². The van der Waals surface area contributed by atoms with Crippen molar-refractivity contribution in [2.24, 2.45) is 0 Å². The van der Waals surface area contributed by atoms with Crippen molar-refractivity contribution in [2.75, 3.05) is 5.32 Å². The number of amides is 1. The van der Waals surface area contributed by atoms with Crippen LogP contribution in [-0.2, 0) is 16.1 Å². The summed E-state index contributed by atoms with van der Waals surface area (Å²) in [7, 11) is 0. The first-order valence-electron chi connectivity index (χ1n) is 8.11. The van der Waals surface area contributed by atoms with Crippen molar-refractivity contribution in [3.63, 3.8) is 0 Å². The Kier molecular flexibility index (Phi) is 5.28. The van der Waals surface area contributed by atoms with E-state index >= 15 is 0 Å². The highest BCUT2D eigenvalue weighted by atomic mass is 35.5. The molecule has 7 heteroatoms. The fourth-order valence-electron chi connectivity index (χ4n) is 2.62. The minimum absolute atomic E-state index is 0.120. The van der Waals surface area contributed by atoms with Gasteiger partial charge in [0.25, 0.3) is 0 Å². The molecular formula is C20H16ClNO5. The van der Waals surface area contributed by atoms with E-state index in [-0.39, 0.29) is 18.1 Å². The lowest BCUT2D eigenvalue weighted by Gasteiger charge is -2.09. The minimum Gasteiger partial charge on any atom is -0.457 e. The molecule has 0 saturated heterocycles. The molecule has 0 bridgehead atoms. The second kappa shape index (κ2) is 7.63. The molecule has 0 aliphatic heterocycles. The lowest BCUT2D eigenvalue weighted by molar-refractivity contribution is -0.114. The van der Waals surface area contributed by atoms with Crippen molar-refractivity contribution in [3.05, 3.63) is 74.6 Å². The van der Waals surface area contributed by atoms with E-state index in [4.69, 9.17) is 20.8 Å². The number of fused-ring (bicyclic) bond motifs is 1. The van der Waals surface area contributed by atoms with Gasteiger partial charge in [0.1, 0.15) is 12.2 Å². The van der Waals surface area contributed by atoms with Crippen LogP contribution in [0.1, 0.15) is 28.4 Å². The molecule has 3 rings (SSSR count). The van der Waals surface area contributed by atoms with E-state index in [9.17, 15) is 14.4 Å². The SMILES string of the molecule is CC(=O)Nc1cccc(C(=O)OCc2cc(=O)oc3cc(C)c(Cl)cc23)c1. The summed E-state index contributed by atoms with van der Waals surface area (Å²) < 4.78 is 10.5. The Morgan fingerprint density at radius 3 is 2.70 bits per heavy atom. The molecule has 0 aliphatic rings. The van der Waals surface area contributed by atoms with E-state index in [1.54, 1.807) is 37.3 Å². The number of aryl methyl sites for hydroxylation is 1. The van der Waals surface area contributed by atoms with Crippen LogP contribution in [0, 0.1) is 6.92 Å². The van der Waals surface area contributed by atoms with Crippen LogP contribution in [0.3, 0.4) is 0 Å². The summed E-state index contributed by atoms with van der Waals surface area (Å²) in [5.74, 6) is -0.822. The highest BCUT2D eigenvalue weighted by Gasteiger charge is 2.13. The van der Waals surface area contributed by atoms with E-state index in [0.29, 0.717) is 27.2 Å². The number of benzene rings is 2. The van der Waals surface area contributed by atoms with Crippen LogP contribution in [0.5, 0.6) is 0 Å². The van der Waals surface area contributed by atoms with Gasteiger partial charge in [0.2, 0.25) is 5.91 Å². The molecule has 1 amide bonds. The molecule has 3 aromatic rings. The lowest BCUT2D eigenvalue weighted by atomic mass is 10.1. The molecule has 1 aromatic heterocycles. The summed E-state index contributed by atoms with van der Waals surface area (Å²) in [6, 6.07) is 11.0. The Morgan fingerprint density at radius 1 is 1.19 bits per heavy atom. The summed E-state index contributed by atoms with van der Waals surface area (Å²) in [6.07, 6.45) is 0. The standard InChI is InChI=1S/C20H16ClNO5/c1-11-6-18-16(9-17(11)21)14(8-19(24)27-18)10-26-20(25)13-4-3-5-15(7-13)22-12(2)23/h3-9H,10H2,1-2H3,(H,22,23). The molecule has 0 radical (unpaired) electrons. The van der Waals surface area contributed by atoms with Gasteiger partial charge in [-0.3, -0.25) is 4.79 Å². The summed E-state index contributed by atoms with van der Waals surface area (Å²) in [5.41, 5.74) is 1.88. The van der Waals surface area contributed by atoms with Crippen LogP contribution < -0.4 is 10.9 Å². The van der Waals surface area contributed by atoms with Gasteiger partial charge in [-0.2, -0.15) is 0 Å². The molecular weight excluding hydrogens is 370 g/mol. The first kappa shape index (κ1) is 18.7. The van der Waals surface area contributed by atoms with Crippen LogP contribution in [-0.4, -0.2) is 11.9 Å². The number of halogens is 1. The van der Waals surface area contributed by atoms with E-state index in [0.717, 1.165) is 5.56 Å². The molecule has 0 fully saturated rings. The molecule has 27 heavy (non-hydrogen) atoms. The predicted molar refractivity (Wildman–Crippen MR) is 102 cm³/mol. The molecule has 0 aliphatic carbocycles. The third-order valence-electron chi connectivity index (χ3n) is 3.89. The number of carbonyl (C=O) groups excluding carboxylic acids is 2. The largest absolute Gasteiger partial charge is 0.457 e. The maximum absolute atomic E-state index is 12.3. The van der Waals surface area contributed by atoms with Crippen molar-refractivity contribution >= 4 is 40.1 Å². The fourth-order valence-corrected chi connectivity index (χ4v) is 2.79. The van der Waals surface area contributed by atoms with Crippen LogP contribution >= 0.6 is 11.6 Å². The van der Waals surface area contributed by atoms with Gasteiger partial charge >= 0.3 is 11.6 Å². The second-order valence-corrected chi connectivity index (χ2v) is 6.43. The summed E-state index contributed by atoms with van der Waals surface area (Å²) in [6.45, 7) is 3.06. The van der Waals surface area contributed by atoms with Crippen molar-refractivity contribution in [2.45, 2.75) is 20.5 Å². The number of carbonyl (C=O) groups is 2. The summed E-state index contributed by atoms with van der Waals surface area (Å²) in [5, 5.41) is 3.72. The Labute approximate surface area is 159 Å². The number of anilines is 1. The highest BCUT2D eigenvalue weighted by Crippen LogP contribution is 2.25. The van der Waals surface area contributed by atoms with Gasteiger partial charge in [-0.05, 0) is 42.8 Å². The monoisotopic (exact) mass is 385 g/mol. The Morgan fingerprint density at radius 2 is 1.96 bits per heavy atom. The minimum atomic E-state index is -0.582. The van der Waals surface area contributed by atoms with Crippen LogP contribution in [0.15, 0.2) is 51.7 Å². The molecule has 138 valence electrons. The predicted octanol–water partition coefficient (Wildman–Crippen LogP) is 4.07. The molecule has 0 saturated carbocycles. The lowest BCUT2D eigenvalue weighted by Crippen LogP contribution is -2.10. The van der Waals surface area contributed by atoms with E-state index in [1.165, 1.54) is 19.1 Å². The van der Waals surface area contributed by atoms with E-state index < -0.39 is 11.6 Å². The average Bonchev–Trinajstić information content (AvgIpc) is 2.60. The number of ether oxygens (including phenoxy) is 1. The summed E-state index contributed by atoms with van der Waals surface area (Å²) >= 11 is 6.15. The van der Waals surface area contributed by atoms with Crippen LogP contribution in [0.25, 0.3) is 11.0 Å². The number of hydrogen-bond acceptors (Lipinski definition) is 5. The van der Waals surface area contributed by atoms with Crippen LogP contribution in [0.2, 0.25) is 5.02 Å². The number of esters is 1. The normalized spacial score (nSPS) is 10.6. The highest BCUT2D eigenvalue weighted by molar-refractivity contribution is 6.32. The number of rotatable bonds is 4. The molecule has 1 heterocycles. The van der Waals surface area contributed by atoms with Crippen LogP contribution in [0.4, 0.5) is 5.69 Å². The van der Waals surface area contributed by atoms with Gasteiger partial charge in [0, 0.05) is 34.6 Å². The van der Waals surface area contributed by atoms with Gasteiger partial charge in [-0.1, -0.05) is 17.7 Å². The first-order chi connectivity index (χ1) is 12.8. The smallest absolute Gasteiger partial charge is 0.338 e. The second-order valence-electron chi connectivity index (χ2n) is 6.03. The van der Waals surface area contributed by atoms with Gasteiger partial charge in [-0.25, -0.2) is 9.59 Å². The maximum atomic E-state index is 12.3. The Balaban J connectivity index is 1.84. The summed E-state index contributed by atoms with van der Waals surface area (Å²) in [4.78, 5) is 35.3. The third kappa shape index (κ3) is 4.35. The Bertz CT molecular complexity index is 1100. The van der Waals surface area contributed by atoms with Crippen molar-refractivity contribution < 1.29 is 18.7 Å². The molecule has 2 aromatic carbocycles. The fraction of sp³-hybridized carbons (Fsp3) is 0.150. The third-order valence-corrected chi connectivity index (χ3v) is 4.29. The van der Waals surface area contributed by atoms with Crippen molar-refractivity contribution in [1.82, 2.24) is 0 Å². The van der Waals surface area contributed by atoms with Crippen molar-refractivity contribution in [1.29, 1.82) is 0 Å². The molecule has 6 nitrogen and oxygen atoms in total. The molecule has 0 atom stereocenters. The number of hydrogen-bond donors (Lipinski definition) is 1. The quantitative estimate of drug-likeness (QED) is 0.540. The first-order valence-corrected chi connectivity index (χ1v) is 8.49. The Hall–Kier alpha value is -3.12. The maximum Gasteiger partial charge on any atom is 0.338 e. The zero-order valence-electron chi connectivity index (χ0n) is 14.7. The molecule has 0 unspecified atom stereocenters. The zero-order chi connectivity index (χ0) is 19.6. The number of nitrogens with one attached hydrogen (secondary N) is 1. The molecule has 1 N–H and O–H groups in total. The average molecular weight is 386 g/mol. The van der Waals surface area contributed by atoms with Gasteiger partial charge in [0.15, 0.2) is 0 Å². The van der Waals surface area contributed by atoms with Crippen molar-refractivity contribution in [3.8, 4) is 0 Å². The van der Waals surface area contributed by atoms with Gasteiger partial charge in [-0.15, -0.1) is 0 Å². The van der Waals surface area contributed by atoms with Gasteiger partial charge in [0.05, 0.1) is 5.56 Å². The van der Waals surface area contributed by atoms with E-state index in [2.05, 4.69) is 5.32 Å². The molecule has 0 spiro atoms. The van der Waals surface area contributed by atoms with Gasteiger partial charge < -0.3 is 14.5 Å². The zero-order valence-corrected chi connectivity index (χ0v) is 15.4. The van der Waals surface area contributed by atoms with E-state index in [1.807, 2.05) is 0 Å².